The second-order valence-electron chi connectivity index (χ2n) is 19.9. The van der Waals surface area contributed by atoms with E-state index in [-0.39, 0.29) is 95.0 Å². The molecule has 6 rings (SSSR count). The fourth-order valence-electron chi connectivity index (χ4n) is 10.5. The van der Waals surface area contributed by atoms with Crippen LogP contribution in [-0.2, 0) is 84.5 Å². The van der Waals surface area contributed by atoms with Gasteiger partial charge in [0.15, 0.2) is 0 Å². The maximum Gasteiger partial charge on any atom is 0.333 e. The molecule has 0 spiro atoms. The maximum absolute atomic E-state index is 12.0. The Bertz CT molecular complexity index is 1560. The summed E-state index contributed by atoms with van der Waals surface area (Å²) in [4.78, 5) is 23.3. The Kier molecular flexibility index (Phi) is 28.5. The van der Waals surface area contributed by atoms with E-state index in [0.717, 1.165) is 113 Å². The third-order valence-corrected chi connectivity index (χ3v) is 15.0. The van der Waals surface area contributed by atoms with Crippen LogP contribution in [0.1, 0.15) is 224 Å². The van der Waals surface area contributed by atoms with Gasteiger partial charge in [-0.05, 0) is 175 Å². The van der Waals surface area contributed by atoms with Gasteiger partial charge in [0.25, 0.3) is 0 Å². The van der Waals surface area contributed by atoms with E-state index in [1.165, 1.54) is 114 Å². The van der Waals surface area contributed by atoms with Crippen molar-refractivity contribution in [3.8, 4) is 11.5 Å². The molecule has 2 aromatic carbocycles. The van der Waals surface area contributed by atoms with E-state index in [0.29, 0.717) is 12.0 Å². The predicted octanol–water partition coefficient (Wildman–Crippen LogP) is 15.6. The number of esters is 2. The van der Waals surface area contributed by atoms with Crippen LogP contribution >= 0.6 is 0 Å². The van der Waals surface area contributed by atoms with Crippen molar-refractivity contribution < 1.29 is 94.0 Å². The van der Waals surface area contributed by atoms with Crippen molar-refractivity contribution in [2.75, 3.05) is 13.2 Å². The van der Waals surface area contributed by atoms with Gasteiger partial charge in [0, 0.05) is 83.8 Å². The predicted molar refractivity (Wildman–Crippen MR) is 255 cm³/mol. The molecular formula is C56H86O6Y2. The van der Waals surface area contributed by atoms with Crippen molar-refractivity contribution >= 4 is 11.9 Å². The van der Waals surface area contributed by atoms with Gasteiger partial charge in [-0.1, -0.05) is 103 Å². The van der Waals surface area contributed by atoms with Crippen LogP contribution in [0, 0.1) is 17.3 Å². The summed E-state index contributed by atoms with van der Waals surface area (Å²) in [5.74, 6) is 5.17. The van der Waals surface area contributed by atoms with Crippen LogP contribution in [0.15, 0.2) is 60.7 Å². The van der Waals surface area contributed by atoms with E-state index >= 15 is 0 Å². The van der Waals surface area contributed by atoms with Gasteiger partial charge in [0.1, 0.15) is 23.7 Å². The molecule has 6 nitrogen and oxygen atoms in total. The average molecular weight is 1030 g/mol. The summed E-state index contributed by atoms with van der Waals surface area (Å²) < 4.78 is 22.7. The zero-order valence-electron chi connectivity index (χ0n) is 40.9. The van der Waals surface area contributed by atoms with Gasteiger partial charge in [-0.3, -0.25) is 4.79 Å². The van der Waals surface area contributed by atoms with E-state index < -0.39 is 0 Å². The fraction of sp³-hybridized carbons (Fsp3) is 0.714. The number of hydrogen-bond donors (Lipinski definition) is 0. The minimum absolute atomic E-state index is 0. The molecule has 8 heteroatoms. The fourth-order valence-corrected chi connectivity index (χ4v) is 10.5. The zero-order valence-corrected chi connectivity index (χ0v) is 46.6. The largest absolute Gasteiger partial charge is 0.494 e. The van der Waals surface area contributed by atoms with Crippen molar-refractivity contribution in [1.29, 1.82) is 0 Å². The van der Waals surface area contributed by atoms with Gasteiger partial charge < -0.3 is 18.9 Å². The first-order valence-electron chi connectivity index (χ1n) is 25.7. The topological polar surface area (TPSA) is 71.1 Å². The van der Waals surface area contributed by atoms with Gasteiger partial charge in [-0.25, -0.2) is 4.79 Å². The van der Waals surface area contributed by atoms with Gasteiger partial charge in [0.05, 0.1) is 18.6 Å². The van der Waals surface area contributed by atoms with E-state index in [1.54, 1.807) is 0 Å². The van der Waals surface area contributed by atoms with E-state index in [1.807, 2.05) is 6.92 Å². The standard InChI is InChI=1S/C29H46O3.C27H40O3.2Y/c1-4-6-8-11-23-13-15-24(16-14-23)25-17-19-26(20-18-25)31-21-10-7-9-12-27-22-29(3,5-2)28(30)32-27;1-3-4-6-9-22-11-13-23(14-12-22)24-15-17-25(18-16-24)29-19-8-5-7-10-26-20-21(2)27(28)30-26;;/h17-20,23-24,27H,4-16,21-22H2,1-3H3;15-18,22-23,26H,2-14,19-20H2,1H3;;. The molecule has 2 saturated carbocycles. The first-order chi connectivity index (χ1) is 30.2. The Morgan fingerprint density at radius 2 is 1.00 bits per heavy atom. The molecule has 352 valence electrons. The summed E-state index contributed by atoms with van der Waals surface area (Å²) in [7, 11) is 0. The van der Waals surface area contributed by atoms with E-state index in [2.05, 4.69) is 75.9 Å². The number of rotatable bonds is 25. The number of hydrogen-bond acceptors (Lipinski definition) is 6. The smallest absolute Gasteiger partial charge is 0.333 e. The van der Waals surface area contributed by atoms with Gasteiger partial charge >= 0.3 is 11.9 Å². The maximum atomic E-state index is 12.0. The number of carbonyl (C=O) groups is 2. The summed E-state index contributed by atoms with van der Waals surface area (Å²) >= 11 is 0. The zero-order chi connectivity index (χ0) is 44.0. The molecule has 0 aromatic heterocycles. The number of cyclic esters (lactones) is 2. The molecule has 2 aromatic rings. The van der Waals surface area contributed by atoms with Gasteiger partial charge in [0.2, 0.25) is 0 Å². The number of carbonyl (C=O) groups excluding carboxylic acids is 2. The van der Waals surface area contributed by atoms with Crippen LogP contribution in [0.4, 0.5) is 0 Å². The molecule has 3 atom stereocenters. The Morgan fingerprint density at radius 1 is 0.562 bits per heavy atom. The van der Waals surface area contributed by atoms with Gasteiger partial charge in [-0.2, -0.15) is 0 Å². The molecule has 2 radical (unpaired) electrons. The van der Waals surface area contributed by atoms with Crippen LogP contribution in [0.25, 0.3) is 0 Å². The number of benzene rings is 2. The number of ether oxygens (including phenoxy) is 4. The molecule has 0 bridgehead atoms. The van der Waals surface area contributed by atoms with Crippen molar-refractivity contribution in [2.24, 2.45) is 17.3 Å². The van der Waals surface area contributed by atoms with Crippen LogP contribution < -0.4 is 9.47 Å². The van der Waals surface area contributed by atoms with Crippen LogP contribution in [0.3, 0.4) is 0 Å². The molecule has 64 heavy (non-hydrogen) atoms. The Morgan fingerprint density at radius 3 is 1.39 bits per heavy atom. The minimum atomic E-state index is -0.256. The molecule has 4 fully saturated rings. The molecule has 2 aliphatic heterocycles. The second kappa shape index (κ2) is 31.9. The molecule has 3 unspecified atom stereocenters. The Labute approximate surface area is 440 Å². The van der Waals surface area contributed by atoms with Crippen LogP contribution in [0.2, 0.25) is 0 Å². The number of unbranched alkanes of at least 4 members (excludes halogenated alkanes) is 8. The third-order valence-electron chi connectivity index (χ3n) is 15.0. The summed E-state index contributed by atoms with van der Waals surface area (Å²) in [6, 6.07) is 17.7. The van der Waals surface area contributed by atoms with E-state index in [4.69, 9.17) is 18.9 Å². The van der Waals surface area contributed by atoms with Gasteiger partial charge in [-0.15, -0.1) is 0 Å². The summed E-state index contributed by atoms with van der Waals surface area (Å²) in [5.41, 5.74) is 3.34. The molecule has 4 aliphatic rings. The quantitative estimate of drug-likeness (QED) is 0.0561. The van der Waals surface area contributed by atoms with Crippen LogP contribution in [-0.4, -0.2) is 37.4 Å². The third kappa shape index (κ3) is 19.9. The van der Waals surface area contributed by atoms with Crippen molar-refractivity contribution in [2.45, 2.75) is 225 Å². The molecular weight excluding hydrogens is 946 g/mol. The average Bonchev–Trinajstić information content (AvgIpc) is 3.78. The molecule has 0 N–H and O–H groups in total. The molecule has 2 aliphatic carbocycles. The monoisotopic (exact) mass is 1030 g/mol. The normalized spacial score (nSPS) is 25.3. The first-order valence-corrected chi connectivity index (χ1v) is 25.7. The first kappa shape index (κ1) is 57.2. The summed E-state index contributed by atoms with van der Waals surface area (Å²) in [6.07, 6.45) is 33.2. The second-order valence-corrected chi connectivity index (χ2v) is 19.9. The minimum Gasteiger partial charge on any atom is -0.494 e. The molecule has 0 amide bonds. The van der Waals surface area contributed by atoms with Crippen molar-refractivity contribution in [3.63, 3.8) is 0 Å². The Balaban J connectivity index is 0.000000331. The van der Waals surface area contributed by atoms with Crippen LogP contribution in [0.5, 0.6) is 11.5 Å². The molecule has 2 saturated heterocycles. The summed E-state index contributed by atoms with van der Waals surface area (Å²) in [6.45, 7) is 13.9. The SMILES string of the molecule is C=C1CC(CCCCCOc2ccc(C3CCC(CCCCC)CC3)cc2)OC1=O.CCCCCC1CCC(c2ccc(OCCCCCC3CC(C)(CC)C(=O)O3)cc2)CC1.[Y].[Y]. The van der Waals surface area contributed by atoms with Crippen molar-refractivity contribution in [1.82, 2.24) is 0 Å². The van der Waals surface area contributed by atoms with E-state index in [9.17, 15) is 9.59 Å². The molecule has 2 heterocycles. The van der Waals surface area contributed by atoms with Crippen molar-refractivity contribution in [3.05, 3.63) is 71.8 Å². The Hall–Kier alpha value is -1.07. The summed E-state index contributed by atoms with van der Waals surface area (Å²) in [5, 5.41) is 0.